The summed E-state index contributed by atoms with van der Waals surface area (Å²) in [5.41, 5.74) is 1.71. The molecule has 0 atom stereocenters. The lowest BCUT2D eigenvalue weighted by Gasteiger charge is -2.33. The highest BCUT2D eigenvalue weighted by atomic mass is 32.2. The maximum Gasteiger partial charge on any atom is 0.344 e. The van der Waals surface area contributed by atoms with Gasteiger partial charge in [-0.15, -0.1) is 11.8 Å². The second-order valence-corrected chi connectivity index (χ2v) is 8.73. The Morgan fingerprint density at radius 2 is 1.88 bits per heavy atom. The van der Waals surface area contributed by atoms with Gasteiger partial charge < -0.3 is 5.32 Å². The van der Waals surface area contributed by atoms with Crippen molar-refractivity contribution in [1.29, 1.82) is 0 Å². The van der Waals surface area contributed by atoms with E-state index < -0.39 is 11.6 Å². The number of carbonyl (C=O) groups excluding carboxylic acids is 3. The molecule has 0 aromatic carbocycles. The van der Waals surface area contributed by atoms with Crippen molar-refractivity contribution in [3.05, 3.63) is 0 Å². The van der Waals surface area contributed by atoms with E-state index in [1.54, 1.807) is 11.8 Å². The maximum atomic E-state index is 12.7. The largest absolute Gasteiger partial charge is 0.344 e. The summed E-state index contributed by atoms with van der Waals surface area (Å²) >= 11 is 1.64. The van der Waals surface area contributed by atoms with Gasteiger partial charge in [-0.2, -0.15) is 5.01 Å². The molecule has 2 aliphatic carbocycles. The molecule has 1 spiro atoms. The first kappa shape index (κ1) is 17.6. The van der Waals surface area contributed by atoms with E-state index in [1.165, 1.54) is 19.3 Å². The monoisotopic (exact) mass is 353 g/mol. The normalized spacial score (nSPS) is 31.4. The molecule has 134 valence electrons. The van der Waals surface area contributed by atoms with E-state index in [9.17, 15) is 14.4 Å². The number of thioether (sulfide) groups is 1. The van der Waals surface area contributed by atoms with Crippen LogP contribution in [-0.4, -0.2) is 39.4 Å². The number of amides is 4. The molecule has 0 aromatic rings. The SMILES string of the molecule is CC1CCC2(CC1)NC(=O)N(NC(=O)CSC1CCCCC1)C2=O. The summed E-state index contributed by atoms with van der Waals surface area (Å²) in [6.07, 6.45) is 9.21. The average Bonchev–Trinajstić information content (AvgIpc) is 2.81. The standard InChI is InChI=1S/C17H27N3O3S/c1-12-7-9-17(10-8-12)15(22)20(16(23)18-17)19-14(21)11-24-13-5-3-2-4-6-13/h12-13H,2-11H2,1H3,(H,18,23)(H,19,21). The second kappa shape index (κ2) is 7.33. The van der Waals surface area contributed by atoms with Crippen LogP contribution in [0.3, 0.4) is 0 Å². The zero-order valence-corrected chi connectivity index (χ0v) is 15.1. The van der Waals surface area contributed by atoms with Crippen molar-refractivity contribution in [2.75, 3.05) is 5.75 Å². The Morgan fingerprint density at radius 1 is 1.21 bits per heavy atom. The van der Waals surface area contributed by atoms with Crippen LogP contribution in [-0.2, 0) is 9.59 Å². The van der Waals surface area contributed by atoms with Crippen molar-refractivity contribution in [2.45, 2.75) is 75.5 Å². The molecule has 0 unspecified atom stereocenters. The number of imide groups is 1. The second-order valence-electron chi connectivity index (χ2n) is 7.44. The van der Waals surface area contributed by atoms with Crippen LogP contribution < -0.4 is 10.7 Å². The third-order valence-electron chi connectivity index (χ3n) is 5.53. The first-order valence-electron chi connectivity index (χ1n) is 9.08. The van der Waals surface area contributed by atoms with Crippen molar-refractivity contribution < 1.29 is 14.4 Å². The highest BCUT2D eigenvalue weighted by Gasteiger charge is 2.52. The van der Waals surface area contributed by atoms with E-state index in [2.05, 4.69) is 17.7 Å². The summed E-state index contributed by atoms with van der Waals surface area (Å²) in [5, 5.41) is 4.25. The van der Waals surface area contributed by atoms with Gasteiger partial charge >= 0.3 is 6.03 Å². The number of hydrogen-bond donors (Lipinski definition) is 2. The van der Waals surface area contributed by atoms with E-state index in [0.29, 0.717) is 29.8 Å². The molecule has 3 fully saturated rings. The van der Waals surface area contributed by atoms with E-state index in [-0.39, 0.29) is 11.8 Å². The minimum Gasteiger partial charge on any atom is -0.322 e. The number of hydrazine groups is 1. The van der Waals surface area contributed by atoms with Crippen LogP contribution in [0.15, 0.2) is 0 Å². The topological polar surface area (TPSA) is 78.5 Å². The molecular formula is C17H27N3O3S. The predicted molar refractivity (Wildman–Crippen MR) is 93.2 cm³/mol. The lowest BCUT2D eigenvalue weighted by Crippen LogP contribution is -2.51. The Morgan fingerprint density at radius 3 is 2.54 bits per heavy atom. The van der Waals surface area contributed by atoms with Crippen LogP contribution in [0.2, 0.25) is 0 Å². The molecule has 3 rings (SSSR count). The quantitative estimate of drug-likeness (QED) is 0.762. The number of nitrogens with zero attached hydrogens (tertiary/aromatic N) is 1. The Bertz CT molecular complexity index is 511. The lowest BCUT2D eigenvalue weighted by molar-refractivity contribution is -0.139. The lowest BCUT2D eigenvalue weighted by atomic mass is 9.77. The Labute approximate surface area is 147 Å². The molecule has 1 heterocycles. The zero-order chi connectivity index (χ0) is 17.2. The molecule has 3 aliphatic rings. The maximum absolute atomic E-state index is 12.7. The predicted octanol–water partition coefficient (Wildman–Crippen LogP) is 2.58. The van der Waals surface area contributed by atoms with Gasteiger partial charge in [0.05, 0.1) is 5.75 Å². The van der Waals surface area contributed by atoms with Crippen LogP contribution >= 0.6 is 11.8 Å². The van der Waals surface area contributed by atoms with Gasteiger partial charge in [0.1, 0.15) is 5.54 Å². The summed E-state index contributed by atoms with van der Waals surface area (Å²) < 4.78 is 0. The van der Waals surface area contributed by atoms with Gasteiger partial charge in [-0.3, -0.25) is 15.0 Å². The fourth-order valence-electron chi connectivity index (χ4n) is 3.90. The molecule has 1 aliphatic heterocycles. The average molecular weight is 353 g/mol. The smallest absolute Gasteiger partial charge is 0.322 e. The van der Waals surface area contributed by atoms with Crippen molar-refractivity contribution in [3.63, 3.8) is 0 Å². The minimum atomic E-state index is -0.798. The van der Waals surface area contributed by atoms with E-state index in [0.717, 1.165) is 30.7 Å². The molecule has 24 heavy (non-hydrogen) atoms. The molecule has 0 bridgehead atoms. The van der Waals surface area contributed by atoms with Crippen molar-refractivity contribution >= 4 is 29.6 Å². The van der Waals surface area contributed by atoms with Crippen molar-refractivity contribution in [3.8, 4) is 0 Å². The van der Waals surface area contributed by atoms with E-state index >= 15 is 0 Å². The molecule has 2 saturated carbocycles. The van der Waals surface area contributed by atoms with Crippen LogP contribution in [0.1, 0.15) is 64.7 Å². The summed E-state index contributed by atoms with van der Waals surface area (Å²) in [4.78, 5) is 37.0. The summed E-state index contributed by atoms with van der Waals surface area (Å²) in [6, 6.07) is -0.495. The van der Waals surface area contributed by atoms with Crippen molar-refractivity contribution in [1.82, 2.24) is 15.8 Å². The Balaban J connectivity index is 1.51. The fourth-order valence-corrected chi connectivity index (χ4v) is 5.02. The summed E-state index contributed by atoms with van der Waals surface area (Å²) in [5.74, 6) is 0.313. The van der Waals surface area contributed by atoms with Crippen LogP contribution in [0.5, 0.6) is 0 Å². The Kier molecular flexibility index (Phi) is 5.37. The van der Waals surface area contributed by atoms with Gasteiger partial charge in [-0.1, -0.05) is 26.2 Å². The van der Waals surface area contributed by atoms with E-state index in [1.807, 2.05) is 0 Å². The zero-order valence-electron chi connectivity index (χ0n) is 14.3. The molecule has 2 N–H and O–H groups in total. The third-order valence-corrected chi connectivity index (χ3v) is 6.90. The van der Waals surface area contributed by atoms with Gasteiger partial charge in [0.2, 0.25) is 5.91 Å². The third kappa shape index (κ3) is 3.71. The summed E-state index contributed by atoms with van der Waals surface area (Å²) in [6.45, 7) is 2.16. The molecule has 1 saturated heterocycles. The number of carbonyl (C=O) groups is 3. The molecule has 6 nitrogen and oxygen atoms in total. The minimum absolute atomic E-state index is 0.268. The van der Waals surface area contributed by atoms with Gasteiger partial charge in [0.25, 0.3) is 5.91 Å². The number of rotatable bonds is 4. The van der Waals surface area contributed by atoms with Crippen LogP contribution in [0, 0.1) is 5.92 Å². The van der Waals surface area contributed by atoms with Crippen LogP contribution in [0.25, 0.3) is 0 Å². The molecule has 4 amide bonds. The number of hydrogen-bond acceptors (Lipinski definition) is 4. The molecular weight excluding hydrogens is 326 g/mol. The molecule has 0 aromatic heterocycles. The highest BCUT2D eigenvalue weighted by Crippen LogP contribution is 2.35. The first-order valence-corrected chi connectivity index (χ1v) is 10.1. The number of nitrogens with one attached hydrogen (secondary N) is 2. The van der Waals surface area contributed by atoms with Gasteiger partial charge in [-0.05, 0) is 44.4 Å². The van der Waals surface area contributed by atoms with Gasteiger partial charge in [-0.25, -0.2) is 4.79 Å². The fraction of sp³-hybridized carbons (Fsp3) is 0.824. The number of urea groups is 1. The Hall–Kier alpha value is -1.24. The van der Waals surface area contributed by atoms with Crippen molar-refractivity contribution in [2.24, 2.45) is 5.92 Å². The van der Waals surface area contributed by atoms with Crippen LogP contribution in [0.4, 0.5) is 4.79 Å². The summed E-state index contributed by atoms with van der Waals surface area (Å²) in [7, 11) is 0. The van der Waals surface area contributed by atoms with Gasteiger partial charge in [0, 0.05) is 5.25 Å². The molecule has 7 heteroatoms. The van der Waals surface area contributed by atoms with Gasteiger partial charge in [0.15, 0.2) is 0 Å². The first-order chi connectivity index (χ1) is 11.5. The van der Waals surface area contributed by atoms with E-state index in [4.69, 9.17) is 0 Å². The molecule has 0 radical (unpaired) electrons. The highest BCUT2D eigenvalue weighted by molar-refractivity contribution is 8.00.